The maximum atomic E-state index is 12.7. The maximum Gasteiger partial charge on any atom is 0.333 e. The molecule has 1 aromatic carbocycles. The van der Waals surface area contributed by atoms with E-state index in [9.17, 15) is 19.8 Å². The van der Waals surface area contributed by atoms with Crippen molar-refractivity contribution < 1.29 is 34.4 Å². The Hall–Kier alpha value is -2.16. The summed E-state index contributed by atoms with van der Waals surface area (Å²) in [6, 6.07) is 4.65. The average Bonchev–Trinajstić information content (AvgIpc) is 2.61. The van der Waals surface area contributed by atoms with Crippen LogP contribution in [0.2, 0.25) is 0 Å². The van der Waals surface area contributed by atoms with E-state index in [4.69, 9.17) is 14.6 Å². The summed E-state index contributed by atoms with van der Waals surface area (Å²) in [4.78, 5) is 23.9. The predicted molar refractivity (Wildman–Crippen MR) is 96.4 cm³/mol. The number of carboxylic acid groups (broad SMARTS) is 1. The molecule has 1 fully saturated rings. The van der Waals surface area contributed by atoms with Crippen molar-refractivity contribution in [3.05, 3.63) is 29.3 Å². The highest BCUT2D eigenvalue weighted by atomic mass is 16.7. The quantitative estimate of drug-likeness (QED) is 0.563. The Balaban J connectivity index is 2.25. The molecule has 0 radical (unpaired) electrons. The van der Waals surface area contributed by atoms with E-state index in [1.54, 1.807) is 6.07 Å². The number of aliphatic carboxylic acids is 1. The van der Waals surface area contributed by atoms with Gasteiger partial charge in [-0.05, 0) is 38.0 Å². The van der Waals surface area contributed by atoms with Gasteiger partial charge >= 0.3 is 5.97 Å². The Morgan fingerprint density at radius 1 is 1.33 bits per heavy atom. The smallest absolute Gasteiger partial charge is 0.333 e. The number of amides is 1. The van der Waals surface area contributed by atoms with Gasteiger partial charge in [0.2, 0.25) is 6.29 Å². The van der Waals surface area contributed by atoms with Gasteiger partial charge in [0, 0.05) is 18.4 Å². The van der Waals surface area contributed by atoms with Crippen LogP contribution in [-0.4, -0.2) is 51.2 Å². The fraction of sp³-hybridized carbons (Fsp3) is 0.579. The molecule has 1 heterocycles. The minimum Gasteiger partial charge on any atom is -0.479 e. The lowest BCUT2D eigenvalue weighted by Gasteiger charge is -2.31. The fourth-order valence-electron chi connectivity index (χ4n) is 2.66. The van der Waals surface area contributed by atoms with E-state index in [0.717, 1.165) is 0 Å². The maximum absolute atomic E-state index is 12.7. The first-order valence-corrected chi connectivity index (χ1v) is 8.94. The highest BCUT2D eigenvalue weighted by molar-refractivity contribution is 5.97. The first kappa shape index (κ1) is 21.1. The van der Waals surface area contributed by atoms with Crippen LogP contribution in [0.15, 0.2) is 18.2 Å². The molecule has 2 rings (SSSR count). The summed E-state index contributed by atoms with van der Waals surface area (Å²) in [6.07, 6.45) is -2.26. The van der Waals surface area contributed by atoms with Crippen LogP contribution in [0.25, 0.3) is 0 Å². The normalized spacial score (nSPS) is 22.9. The minimum absolute atomic E-state index is 0.0172. The molecule has 150 valence electrons. The lowest BCUT2D eigenvalue weighted by molar-refractivity contribution is -0.195. The van der Waals surface area contributed by atoms with Gasteiger partial charge in [-0.1, -0.05) is 13.0 Å². The molecule has 3 atom stereocenters. The van der Waals surface area contributed by atoms with E-state index in [-0.39, 0.29) is 36.7 Å². The van der Waals surface area contributed by atoms with Gasteiger partial charge in [0.05, 0.1) is 18.3 Å². The molecule has 8 heteroatoms. The second-order valence-electron chi connectivity index (χ2n) is 7.32. The van der Waals surface area contributed by atoms with E-state index >= 15 is 0 Å². The van der Waals surface area contributed by atoms with Crippen LogP contribution < -0.4 is 10.1 Å². The molecule has 27 heavy (non-hydrogen) atoms. The molecular weight excluding hydrogens is 354 g/mol. The van der Waals surface area contributed by atoms with Crippen molar-refractivity contribution in [3.8, 4) is 5.75 Å². The molecular formula is C19H27NO7. The Morgan fingerprint density at radius 2 is 2.04 bits per heavy atom. The molecule has 8 nitrogen and oxygen atoms in total. The lowest BCUT2D eigenvalue weighted by atomic mass is 10.0. The Kier molecular flexibility index (Phi) is 6.80. The van der Waals surface area contributed by atoms with Crippen LogP contribution in [0.4, 0.5) is 0 Å². The number of hydrogen-bond donors (Lipinski definition) is 4. The van der Waals surface area contributed by atoms with Crippen molar-refractivity contribution in [2.75, 3.05) is 0 Å². The van der Waals surface area contributed by atoms with Crippen LogP contribution in [-0.2, 0) is 16.1 Å². The van der Waals surface area contributed by atoms with Gasteiger partial charge in [0.1, 0.15) is 5.75 Å². The minimum atomic E-state index is -1.18. The number of aliphatic hydroxyl groups is 2. The molecule has 0 bridgehead atoms. The van der Waals surface area contributed by atoms with Gasteiger partial charge in [-0.2, -0.15) is 0 Å². The molecule has 0 spiro atoms. The highest BCUT2D eigenvalue weighted by Gasteiger charge is 2.34. The SMILES string of the molecule is CCC(C)(C)NC(=O)c1cc(CO)ccc1OC1CC(O)CC(C(=O)O)O1. The van der Waals surface area contributed by atoms with Gasteiger partial charge in [0.25, 0.3) is 5.91 Å². The second-order valence-corrected chi connectivity index (χ2v) is 7.32. The largest absolute Gasteiger partial charge is 0.479 e. The predicted octanol–water partition coefficient (Wildman–Crippen LogP) is 1.43. The Labute approximate surface area is 158 Å². The van der Waals surface area contributed by atoms with E-state index in [1.807, 2.05) is 20.8 Å². The van der Waals surface area contributed by atoms with Gasteiger partial charge in [-0.25, -0.2) is 4.79 Å². The van der Waals surface area contributed by atoms with Gasteiger partial charge in [-0.3, -0.25) is 4.79 Å². The zero-order valence-corrected chi connectivity index (χ0v) is 15.8. The van der Waals surface area contributed by atoms with E-state index in [0.29, 0.717) is 12.0 Å². The topological polar surface area (TPSA) is 125 Å². The first-order valence-electron chi connectivity index (χ1n) is 8.94. The van der Waals surface area contributed by atoms with Crippen LogP contribution in [0.5, 0.6) is 5.75 Å². The summed E-state index contributed by atoms with van der Waals surface area (Å²) in [6.45, 7) is 5.49. The Morgan fingerprint density at radius 3 is 2.63 bits per heavy atom. The Bertz CT molecular complexity index is 689. The van der Waals surface area contributed by atoms with Crippen LogP contribution in [0.3, 0.4) is 0 Å². The molecule has 1 amide bonds. The number of carbonyl (C=O) groups is 2. The fourth-order valence-corrected chi connectivity index (χ4v) is 2.66. The van der Waals surface area contributed by atoms with E-state index < -0.39 is 30.0 Å². The number of ether oxygens (including phenoxy) is 2. The zero-order chi connectivity index (χ0) is 20.2. The molecule has 1 aromatic rings. The number of aliphatic hydroxyl groups excluding tert-OH is 2. The van der Waals surface area contributed by atoms with Crippen LogP contribution >= 0.6 is 0 Å². The number of rotatable bonds is 7. The van der Waals surface area contributed by atoms with Gasteiger partial charge < -0.3 is 30.1 Å². The standard InChI is InChI=1S/C19H27NO7/c1-4-19(2,3)20-17(23)13-7-11(10-21)5-6-14(13)26-16-9-12(22)8-15(27-16)18(24)25/h5-7,12,15-16,21-22H,4,8-10H2,1-3H3,(H,20,23)(H,24,25). The monoisotopic (exact) mass is 381 g/mol. The zero-order valence-electron chi connectivity index (χ0n) is 15.8. The summed E-state index contributed by atoms with van der Waals surface area (Å²) >= 11 is 0. The van der Waals surface area contributed by atoms with Gasteiger partial charge in [0.15, 0.2) is 6.10 Å². The molecule has 4 N–H and O–H groups in total. The van der Waals surface area contributed by atoms with E-state index in [1.165, 1.54) is 12.1 Å². The number of nitrogens with one attached hydrogen (secondary N) is 1. The van der Waals surface area contributed by atoms with Crippen molar-refractivity contribution >= 4 is 11.9 Å². The number of carbonyl (C=O) groups excluding carboxylic acids is 1. The number of hydrogen-bond acceptors (Lipinski definition) is 6. The molecule has 1 aliphatic rings. The molecule has 1 aliphatic heterocycles. The lowest BCUT2D eigenvalue weighted by Crippen LogP contribution is -2.44. The summed E-state index contributed by atoms with van der Waals surface area (Å²) in [7, 11) is 0. The summed E-state index contributed by atoms with van der Waals surface area (Å²) in [5, 5.41) is 31.3. The third-order valence-corrected chi connectivity index (χ3v) is 4.61. The van der Waals surface area contributed by atoms with Crippen molar-refractivity contribution in [3.63, 3.8) is 0 Å². The summed E-state index contributed by atoms with van der Waals surface area (Å²) in [5.41, 5.74) is 0.309. The highest BCUT2D eigenvalue weighted by Crippen LogP contribution is 2.27. The molecule has 0 saturated carbocycles. The molecule has 1 saturated heterocycles. The molecule has 0 aromatic heterocycles. The van der Waals surface area contributed by atoms with Crippen molar-refractivity contribution in [1.29, 1.82) is 0 Å². The third kappa shape index (κ3) is 5.66. The summed E-state index contributed by atoms with van der Waals surface area (Å²) < 4.78 is 11.1. The average molecular weight is 381 g/mol. The molecule has 3 unspecified atom stereocenters. The van der Waals surface area contributed by atoms with Crippen molar-refractivity contribution in [2.45, 2.75) is 70.7 Å². The van der Waals surface area contributed by atoms with E-state index in [2.05, 4.69) is 5.32 Å². The number of benzene rings is 1. The van der Waals surface area contributed by atoms with Crippen LogP contribution in [0.1, 0.15) is 56.0 Å². The third-order valence-electron chi connectivity index (χ3n) is 4.61. The number of carboxylic acids is 1. The molecule has 0 aliphatic carbocycles. The van der Waals surface area contributed by atoms with Crippen LogP contribution in [0, 0.1) is 0 Å². The van der Waals surface area contributed by atoms with Gasteiger partial charge in [-0.15, -0.1) is 0 Å². The summed E-state index contributed by atoms with van der Waals surface area (Å²) in [5.74, 6) is -1.36. The van der Waals surface area contributed by atoms with Crippen molar-refractivity contribution in [2.24, 2.45) is 0 Å². The first-order chi connectivity index (χ1) is 12.6. The second kappa shape index (κ2) is 8.69. The van der Waals surface area contributed by atoms with Crippen molar-refractivity contribution in [1.82, 2.24) is 5.32 Å².